The second-order valence-electron chi connectivity index (χ2n) is 13.3. The summed E-state index contributed by atoms with van der Waals surface area (Å²) >= 11 is 0. The van der Waals surface area contributed by atoms with Crippen LogP contribution >= 0.6 is 0 Å². The molecule has 10 aromatic rings. The smallest absolute Gasteiger partial charge is 0.137 e. The first-order valence-electron chi connectivity index (χ1n) is 17.8. The van der Waals surface area contributed by atoms with E-state index in [4.69, 9.17) is 4.42 Å². The summed E-state index contributed by atoms with van der Waals surface area (Å²) in [7, 11) is 0. The first-order valence-corrected chi connectivity index (χ1v) is 17.8. The van der Waals surface area contributed by atoms with Crippen LogP contribution < -0.4 is 4.90 Å². The van der Waals surface area contributed by atoms with Crippen molar-refractivity contribution in [2.24, 2.45) is 0 Å². The van der Waals surface area contributed by atoms with Gasteiger partial charge in [0, 0.05) is 16.8 Å². The quantitative estimate of drug-likeness (QED) is 0.165. The van der Waals surface area contributed by atoms with Crippen molar-refractivity contribution in [1.29, 1.82) is 0 Å². The van der Waals surface area contributed by atoms with Crippen LogP contribution in [0, 0.1) is 0 Å². The number of para-hydroxylation sites is 1. The van der Waals surface area contributed by atoms with E-state index in [9.17, 15) is 0 Å². The molecule has 0 bridgehead atoms. The topological polar surface area (TPSA) is 16.4 Å². The summed E-state index contributed by atoms with van der Waals surface area (Å²) in [6.07, 6.45) is 0. The summed E-state index contributed by atoms with van der Waals surface area (Å²) < 4.78 is 6.41. The van der Waals surface area contributed by atoms with Gasteiger partial charge in [0.15, 0.2) is 0 Å². The lowest BCUT2D eigenvalue weighted by atomic mass is 9.93. The van der Waals surface area contributed by atoms with E-state index in [-0.39, 0.29) is 0 Å². The second-order valence-corrected chi connectivity index (χ2v) is 13.3. The van der Waals surface area contributed by atoms with Gasteiger partial charge in [-0.15, -0.1) is 0 Å². The van der Waals surface area contributed by atoms with E-state index in [1.165, 1.54) is 54.9 Å². The molecular weight excluding hydrogens is 631 g/mol. The predicted octanol–water partition coefficient (Wildman–Crippen LogP) is 14.4. The van der Waals surface area contributed by atoms with Gasteiger partial charge in [-0.1, -0.05) is 152 Å². The first kappa shape index (κ1) is 30.0. The Morgan fingerprint density at radius 1 is 0.327 bits per heavy atom. The number of anilines is 3. The summed E-state index contributed by atoms with van der Waals surface area (Å²) in [5.74, 6) is 0. The minimum atomic E-state index is 0.868. The van der Waals surface area contributed by atoms with Crippen LogP contribution in [0.5, 0.6) is 0 Å². The third-order valence-corrected chi connectivity index (χ3v) is 10.3. The van der Waals surface area contributed by atoms with Crippen LogP contribution in [0.3, 0.4) is 0 Å². The minimum Gasteiger partial charge on any atom is -0.456 e. The van der Waals surface area contributed by atoms with Gasteiger partial charge >= 0.3 is 0 Å². The third kappa shape index (κ3) is 5.04. The Balaban J connectivity index is 1.20. The second kappa shape index (κ2) is 12.5. The van der Waals surface area contributed by atoms with Crippen molar-refractivity contribution in [2.45, 2.75) is 0 Å². The van der Waals surface area contributed by atoms with Crippen LogP contribution in [-0.2, 0) is 0 Å². The van der Waals surface area contributed by atoms with E-state index in [0.29, 0.717) is 0 Å². The fraction of sp³-hybridized carbons (Fsp3) is 0. The Morgan fingerprint density at radius 2 is 0.904 bits per heavy atom. The van der Waals surface area contributed by atoms with Crippen molar-refractivity contribution in [3.8, 4) is 33.4 Å². The predicted molar refractivity (Wildman–Crippen MR) is 220 cm³/mol. The van der Waals surface area contributed by atoms with Gasteiger partial charge in [0.05, 0.1) is 11.1 Å². The Hall–Kier alpha value is -6.90. The molecule has 0 aliphatic carbocycles. The molecule has 52 heavy (non-hydrogen) atoms. The van der Waals surface area contributed by atoms with Crippen molar-refractivity contribution >= 4 is 60.5 Å². The fourth-order valence-electron chi connectivity index (χ4n) is 7.85. The molecule has 0 aliphatic rings. The van der Waals surface area contributed by atoms with Gasteiger partial charge in [-0.3, -0.25) is 0 Å². The van der Waals surface area contributed by atoms with Crippen LogP contribution in [0.2, 0.25) is 0 Å². The summed E-state index contributed by atoms with van der Waals surface area (Å²) in [4.78, 5) is 2.38. The van der Waals surface area contributed by atoms with E-state index < -0.39 is 0 Å². The van der Waals surface area contributed by atoms with E-state index in [1.54, 1.807) is 0 Å². The molecule has 244 valence electrons. The van der Waals surface area contributed by atoms with Crippen molar-refractivity contribution in [1.82, 2.24) is 0 Å². The summed E-state index contributed by atoms with van der Waals surface area (Å²) in [5.41, 5.74) is 12.1. The highest BCUT2D eigenvalue weighted by molar-refractivity contribution is 6.15. The van der Waals surface area contributed by atoms with Crippen molar-refractivity contribution < 1.29 is 4.42 Å². The van der Waals surface area contributed by atoms with E-state index in [0.717, 1.165) is 39.0 Å². The molecule has 1 heterocycles. The van der Waals surface area contributed by atoms with Gasteiger partial charge in [0.2, 0.25) is 0 Å². The van der Waals surface area contributed by atoms with Crippen LogP contribution in [0.4, 0.5) is 17.1 Å². The average Bonchev–Trinajstić information content (AvgIpc) is 3.61. The summed E-state index contributed by atoms with van der Waals surface area (Å²) in [5, 5.41) is 7.24. The highest BCUT2D eigenvalue weighted by Gasteiger charge is 2.21. The molecule has 9 aromatic carbocycles. The first-order chi connectivity index (χ1) is 25.8. The molecule has 0 aliphatic heterocycles. The Kier molecular flexibility index (Phi) is 7.18. The third-order valence-electron chi connectivity index (χ3n) is 10.3. The number of benzene rings is 9. The van der Waals surface area contributed by atoms with Crippen LogP contribution in [0.25, 0.3) is 76.9 Å². The molecule has 10 rings (SSSR count). The fourth-order valence-corrected chi connectivity index (χ4v) is 7.85. The van der Waals surface area contributed by atoms with E-state index in [1.807, 2.05) is 12.1 Å². The lowest BCUT2D eigenvalue weighted by Gasteiger charge is -2.28. The molecule has 0 N–H and O–H groups in total. The molecule has 0 saturated carbocycles. The number of furan rings is 1. The molecule has 0 fully saturated rings. The van der Waals surface area contributed by atoms with Crippen LogP contribution in [0.1, 0.15) is 0 Å². The zero-order chi connectivity index (χ0) is 34.4. The Bertz CT molecular complexity index is 2890. The molecule has 0 radical (unpaired) electrons. The molecular formula is C50H33NO. The van der Waals surface area contributed by atoms with E-state index >= 15 is 0 Å². The van der Waals surface area contributed by atoms with Crippen molar-refractivity contribution in [3.05, 3.63) is 200 Å². The summed E-state index contributed by atoms with van der Waals surface area (Å²) in [6.45, 7) is 0. The zero-order valence-corrected chi connectivity index (χ0v) is 28.4. The van der Waals surface area contributed by atoms with Crippen molar-refractivity contribution in [2.75, 3.05) is 4.90 Å². The standard InChI is InChI=1S/C50H33NO/c1-3-14-34(15-4-1)41-31-30-39(33-46(41)35-16-5-2-6-17-35)51(47-23-13-25-49-50(47)44-22-11-12-24-48(44)52-49)38-28-26-36(27-29-38)45-32-37-18-7-8-19-40(37)42-20-9-10-21-43(42)45/h1-33H. The van der Waals surface area contributed by atoms with Gasteiger partial charge in [-0.2, -0.15) is 0 Å². The average molecular weight is 664 g/mol. The zero-order valence-electron chi connectivity index (χ0n) is 28.4. The number of nitrogens with zero attached hydrogens (tertiary/aromatic N) is 1. The van der Waals surface area contributed by atoms with Gasteiger partial charge in [-0.05, 0) is 103 Å². The van der Waals surface area contributed by atoms with Gasteiger partial charge in [0.25, 0.3) is 0 Å². The number of rotatable bonds is 6. The number of fused-ring (bicyclic) bond motifs is 6. The maximum Gasteiger partial charge on any atom is 0.137 e. The van der Waals surface area contributed by atoms with Gasteiger partial charge in [-0.25, -0.2) is 0 Å². The maximum atomic E-state index is 6.41. The van der Waals surface area contributed by atoms with E-state index in [2.05, 4.69) is 193 Å². The van der Waals surface area contributed by atoms with Crippen LogP contribution in [-0.4, -0.2) is 0 Å². The van der Waals surface area contributed by atoms with Gasteiger partial charge in [0.1, 0.15) is 11.2 Å². The largest absolute Gasteiger partial charge is 0.456 e. The maximum absolute atomic E-state index is 6.41. The number of hydrogen-bond acceptors (Lipinski definition) is 2. The molecule has 0 spiro atoms. The SMILES string of the molecule is c1ccc(-c2ccc(N(c3ccc(-c4cc5ccccc5c5ccccc45)cc3)c3cccc4oc5ccccc5c34)cc2-c2ccccc2)cc1. The minimum absolute atomic E-state index is 0.868. The highest BCUT2D eigenvalue weighted by Crippen LogP contribution is 2.46. The van der Waals surface area contributed by atoms with Gasteiger partial charge < -0.3 is 9.32 Å². The normalized spacial score (nSPS) is 11.5. The molecule has 2 nitrogen and oxygen atoms in total. The summed E-state index contributed by atoms with van der Waals surface area (Å²) in [6, 6.07) is 71.7. The Labute approximate surface area is 302 Å². The molecule has 0 amide bonds. The molecule has 2 heteroatoms. The highest BCUT2D eigenvalue weighted by atomic mass is 16.3. The van der Waals surface area contributed by atoms with Crippen LogP contribution in [0.15, 0.2) is 205 Å². The molecule has 0 atom stereocenters. The molecule has 0 saturated heterocycles. The number of hydrogen-bond donors (Lipinski definition) is 0. The Morgan fingerprint density at radius 3 is 1.67 bits per heavy atom. The molecule has 1 aromatic heterocycles. The van der Waals surface area contributed by atoms with Crippen molar-refractivity contribution in [3.63, 3.8) is 0 Å². The lowest BCUT2D eigenvalue weighted by molar-refractivity contribution is 0.669. The lowest BCUT2D eigenvalue weighted by Crippen LogP contribution is -2.10. The molecule has 0 unspecified atom stereocenters. The monoisotopic (exact) mass is 663 g/mol.